The molecular weight excluding hydrogens is 266 g/mol. The second-order valence-corrected chi connectivity index (χ2v) is 7.31. The van der Waals surface area contributed by atoms with Gasteiger partial charge in [-0.1, -0.05) is 0 Å². The van der Waals surface area contributed by atoms with Crippen LogP contribution in [0.1, 0.15) is 48.0 Å². The first-order valence-corrected chi connectivity index (χ1v) is 8.04. The lowest BCUT2D eigenvalue weighted by molar-refractivity contribution is -0.145. The lowest BCUT2D eigenvalue weighted by atomic mass is 9.91. The van der Waals surface area contributed by atoms with Gasteiger partial charge in [-0.15, -0.1) is 0 Å². The summed E-state index contributed by atoms with van der Waals surface area (Å²) in [5.41, 5.74) is -0.872. The highest BCUT2D eigenvalue weighted by molar-refractivity contribution is 5.78. The summed E-state index contributed by atoms with van der Waals surface area (Å²) in [4.78, 5) is 16.5. The molecule has 1 heterocycles. The third-order valence-electron chi connectivity index (χ3n) is 4.79. The topological polar surface area (TPSA) is 55.8 Å². The van der Waals surface area contributed by atoms with Crippen molar-refractivity contribution in [1.29, 1.82) is 0 Å². The fourth-order valence-electron chi connectivity index (χ4n) is 3.37. The van der Waals surface area contributed by atoms with E-state index >= 15 is 0 Å². The fraction of sp³-hybridized carbons (Fsp3) is 0.938. The fourth-order valence-corrected chi connectivity index (χ4v) is 3.37. The Bertz CT molecular complexity index is 349. The molecule has 5 heteroatoms. The summed E-state index contributed by atoms with van der Waals surface area (Å²) in [6.45, 7) is 14.4. The number of nitrogens with zero attached hydrogens (tertiary/aromatic N) is 2. The predicted octanol–water partition coefficient (Wildman–Crippen LogP) is 1.63. The molecule has 124 valence electrons. The highest BCUT2D eigenvalue weighted by Gasteiger charge is 2.38. The molecule has 0 aromatic rings. The van der Waals surface area contributed by atoms with Gasteiger partial charge < -0.3 is 5.11 Å². The van der Waals surface area contributed by atoms with E-state index < -0.39 is 11.5 Å². The Balaban J connectivity index is 2.74. The third-order valence-corrected chi connectivity index (χ3v) is 4.79. The van der Waals surface area contributed by atoms with Gasteiger partial charge in [0.15, 0.2) is 0 Å². The molecule has 0 saturated carbocycles. The van der Waals surface area contributed by atoms with Crippen LogP contribution in [-0.4, -0.2) is 70.7 Å². The van der Waals surface area contributed by atoms with Gasteiger partial charge in [-0.2, -0.15) is 0 Å². The highest BCUT2D eigenvalue weighted by atomic mass is 16.4. The second-order valence-electron chi connectivity index (χ2n) is 7.31. The molecule has 4 unspecified atom stereocenters. The second kappa shape index (κ2) is 7.07. The van der Waals surface area contributed by atoms with E-state index in [1.807, 2.05) is 13.8 Å². The maximum absolute atomic E-state index is 11.7. The summed E-state index contributed by atoms with van der Waals surface area (Å²) in [5, 5.41) is 12.8. The van der Waals surface area contributed by atoms with Crippen LogP contribution < -0.4 is 5.32 Å². The van der Waals surface area contributed by atoms with E-state index in [9.17, 15) is 9.90 Å². The van der Waals surface area contributed by atoms with Crippen molar-refractivity contribution >= 4 is 5.97 Å². The molecule has 0 aromatic heterocycles. The molecule has 1 rings (SSSR count). The molecule has 0 spiro atoms. The summed E-state index contributed by atoms with van der Waals surface area (Å²) >= 11 is 0. The van der Waals surface area contributed by atoms with Crippen molar-refractivity contribution in [2.24, 2.45) is 0 Å². The van der Waals surface area contributed by atoms with E-state index in [0.717, 1.165) is 13.1 Å². The first kappa shape index (κ1) is 18.4. The molecule has 0 radical (unpaired) electrons. The lowest BCUT2D eigenvalue weighted by Gasteiger charge is -2.46. The summed E-state index contributed by atoms with van der Waals surface area (Å²) < 4.78 is 0. The standard InChI is InChI=1S/C16H33N3O2/c1-11(2)17-16(6,15(20)21)8-12(3)19-9-13(4)18(7)14(5)10-19/h11-14,17H,8-10H2,1-7H3,(H,20,21). The van der Waals surface area contributed by atoms with Gasteiger partial charge in [-0.25, -0.2) is 0 Å². The van der Waals surface area contributed by atoms with Gasteiger partial charge in [0.25, 0.3) is 0 Å². The largest absolute Gasteiger partial charge is 0.480 e. The van der Waals surface area contributed by atoms with Crippen LogP contribution in [0.4, 0.5) is 0 Å². The Hall–Kier alpha value is -0.650. The van der Waals surface area contributed by atoms with E-state index in [1.54, 1.807) is 6.92 Å². The number of carbonyl (C=O) groups is 1. The number of carboxylic acids is 1. The molecular formula is C16H33N3O2. The molecule has 0 aliphatic carbocycles. The van der Waals surface area contributed by atoms with E-state index in [-0.39, 0.29) is 12.1 Å². The van der Waals surface area contributed by atoms with E-state index in [1.165, 1.54) is 0 Å². The Morgan fingerprint density at radius 1 is 1.29 bits per heavy atom. The number of aliphatic carboxylic acids is 1. The minimum absolute atomic E-state index is 0.156. The normalized spacial score (nSPS) is 29.3. The monoisotopic (exact) mass is 299 g/mol. The summed E-state index contributed by atoms with van der Waals surface area (Å²) in [6, 6.07) is 1.41. The van der Waals surface area contributed by atoms with Crippen molar-refractivity contribution in [3.8, 4) is 0 Å². The van der Waals surface area contributed by atoms with E-state index in [4.69, 9.17) is 0 Å². The van der Waals surface area contributed by atoms with Crippen LogP contribution in [0.5, 0.6) is 0 Å². The SMILES string of the molecule is CC(C)NC(C)(CC(C)N1CC(C)N(C)C(C)C1)C(=O)O. The first-order valence-electron chi connectivity index (χ1n) is 8.04. The first-order chi connectivity index (χ1) is 9.56. The van der Waals surface area contributed by atoms with Crippen molar-refractivity contribution in [2.75, 3.05) is 20.1 Å². The van der Waals surface area contributed by atoms with Crippen LogP contribution in [0.2, 0.25) is 0 Å². The van der Waals surface area contributed by atoms with Gasteiger partial charge >= 0.3 is 5.97 Å². The number of rotatable bonds is 6. The van der Waals surface area contributed by atoms with Crippen molar-refractivity contribution in [3.05, 3.63) is 0 Å². The average molecular weight is 299 g/mol. The summed E-state index contributed by atoms with van der Waals surface area (Å²) in [6.07, 6.45) is 0.615. The number of piperazine rings is 1. The molecule has 4 atom stereocenters. The molecule has 1 aliphatic rings. The Kier molecular flexibility index (Phi) is 6.20. The van der Waals surface area contributed by atoms with Gasteiger partial charge in [0.2, 0.25) is 0 Å². The van der Waals surface area contributed by atoms with E-state index in [0.29, 0.717) is 18.5 Å². The number of hydrogen-bond donors (Lipinski definition) is 2. The van der Waals surface area contributed by atoms with Crippen molar-refractivity contribution < 1.29 is 9.90 Å². The van der Waals surface area contributed by atoms with Gasteiger partial charge in [0.1, 0.15) is 5.54 Å². The van der Waals surface area contributed by atoms with Gasteiger partial charge in [-0.3, -0.25) is 19.9 Å². The van der Waals surface area contributed by atoms with Crippen LogP contribution >= 0.6 is 0 Å². The zero-order valence-corrected chi connectivity index (χ0v) is 14.7. The molecule has 1 saturated heterocycles. The molecule has 0 aromatic carbocycles. The Morgan fingerprint density at radius 3 is 2.14 bits per heavy atom. The lowest BCUT2D eigenvalue weighted by Crippen LogP contribution is -2.60. The summed E-state index contributed by atoms with van der Waals surface area (Å²) in [7, 11) is 2.17. The van der Waals surface area contributed by atoms with Crippen LogP contribution in [0.25, 0.3) is 0 Å². The van der Waals surface area contributed by atoms with Gasteiger partial charge in [0.05, 0.1) is 0 Å². The van der Waals surface area contributed by atoms with Gasteiger partial charge in [0, 0.05) is 37.3 Å². The quantitative estimate of drug-likeness (QED) is 0.781. The number of carboxylic acid groups (broad SMARTS) is 1. The Morgan fingerprint density at radius 2 is 1.76 bits per heavy atom. The predicted molar refractivity (Wildman–Crippen MR) is 86.7 cm³/mol. The molecule has 5 nitrogen and oxygen atoms in total. The van der Waals surface area contributed by atoms with Crippen LogP contribution in [0.15, 0.2) is 0 Å². The minimum atomic E-state index is -0.872. The molecule has 0 amide bonds. The highest BCUT2D eigenvalue weighted by Crippen LogP contribution is 2.22. The molecule has 0 bridgehead atoms. The van der Waals surface area contributed by atoms with Crippen LogP contribution in [-0.2, 0) is 4.79 Å². The molecule has 1 fully saturated rings. The maximum Gasteiger partial charge on any atom is 0.323 e. The van der Waals surface area contributed by atoms with Crippen molar-refractivity contribution in [2.45, 2.75) is 77.7 Å². The smallest absolute Gasteiger partial charge is 0.323 e. The average Bonchev–Trinajstić information content (AvgIpc) is 2.33. The van der Waals surface area contributed by atoms with Gasteiger partial charge in [-0.05, 0) is 55.0 Å². The third kappa shape index (κ3) is 4.66. The van der Waals surface area contributed by atoms with Crippen molar-refractivity contribution in [1.82, 2.24) is 15.1 Å². The minimum Gasteiger partial charge on any atom is -0.480 e. The van der Waals surface area contributed by atoms with Crippen LogP contribution in [0.3, 0.4) is 0 Å². The maximum atomic E-state index is 11.7. The van der Waals surface area contributed by atoms with Crippen molar-refractivity contribution in [3.63, 3.8) is 0 Å². The van der Waals surface area contributed by atoms with E-state index in [2.05, 4.69) is 42.9 Å². The molecule has 2 N–H and O–H groups in total. The number of hydrogen-bond acceptors (Lipinski definition) is 4. The zero-order chi connectivity index (χ0) is 16.4. The zero-order valence-electron chi connectivity index (χ0n) is 14.7. The number of likely N-dealkylation sites (N-methyl/N-ethyl adjacent to an activating group) is 1. The Labute approximate surface area is 129 Å². The number of nitrogens with one attached hydrogen (secondary N) is 1. The molecule has 21 heavy (non-hydrogen) atoms. The summed E-state index contributed by atoms with van der Waals surface area (Å²) in [5.74, 6) is -0.765. The van der Waals surface area contributed by atoms with Crippen LogP contribution in [0, 0.1) is 0 Å². The molecule has 1 aliphatic heterocycles.